The Kier molecular flexibility index (Phi) is 8.48. The number of halogens is 2. The summed E-state index contributed by atoms with van der Waals surface area (Å²) in [6, 6.07) is 19.8. The van der Waals surface area contributed by atoms with E-state index in [1.165, 1.54) is 0 Å². The summed E-state index contributed by atoms with van der Waals surface area (Å²) >= 11 is 5.42. The molecule has 0 bridgehead atoms. The van der Waals surface area contributed by atoms with E-state index in [1.807, 2.05) is 37.3 Å². The van der Waals surface area contributed by atoms with Gasteiger partial charge in [-0.3, -0.25) is 4.79 Å². The van der Waals surface area contributed by atoms with Crippen LogP contribution in [0.25, 0.3) is 0 Å². The van der Waals surface area contributed by atoms with Gasteiger partial charge >= 0.3 is 5.97 Å². The number of hydrogen-bond donors (Lipinski definition) is 0. The maximum atomic E-state index is 12.6. The summed E-state index contributed by atoms with van der Waals surface area (Å²) in [6.45, 7) is 2.33. The van der Waals surface area contributed by atoms with Crippen molar-refractivity contribution in [3.8, 4) is 11.5 Å². The van der Waals surface area contributed by atoms with Crippen LogP contribution in [-0.4, -0.2) is 25.0 Å². The highest BCUT2D eigenvalue weighted by Crippen LogP contribution is 2.35. The third-order valence-electron chi connectivity index (χ3n) is 4.27. The van der Waals surface area contributed by atoms with E-state index in [-0.39, 0.29) is 12.4 Å². The van der Waals surface area contributed by atoms with Crippen molar-refractivity contribution < 1.29 is 23.8 Å². The molecular formula is C24H20BrIO5. The Balaban J connectivity index is 1.73. The number of carbonyl (C=O) groups is 2. The van der Waals surface area contributed by atoms with Crippen LogP contribution in [0.3, 0.4) is 0 Å². The number of Topliss-reactive ketones (excluding diaryl/α,β-unsaturated/α-hetero) is 1. The van der Waals surface area contributed by atoms with E-state index in [4.69, 9.17) is 14.2 Å². The summed E-state index contributed by atoms with van der Waals surface area (Å²) in [4.78, 5) is 24.9. The second kappa shape index (κ2) is 11.3. The Bertz CT molecular complexity index is 1050. The fraction of sp³-hybridized carbons (Fsp3) is 0.167. The van der Waals surface area contributed by atoms with Crippen LogP contribution in [0.1, 0.15) is 33.2 Å². The number of esters is 1. The first kappa shape index (κ1) is 23.3. The van der Waals surface area contributed by atoms with Gasteiger partial charge < -0.3 is 14.2 Å². The molecule has 7 heteroatoms. The van der Waals surface area contributed by atoms with E-state index in [9.17, 15) is 9.59 Å². The average Bonchev–Trinajstić information content (AvgIpc) is 2.78. The summed E-state index contributed by atoms with van der Waals surface area (Å²) in [5, 5.41) is 0. The topological polar surface area (TPSA) is 61.8 Å². The highest BCUT2D eigenvalue weighted by Gasteiger charge is 2.18. The number of ketones is 1. The molecule has 0 aliphatic heterocycles. The Labute approximate surface area is 203 Å². The Hall–Kier alpha value is -2.39. The van der Waals surface area contributed by atoms with Gasteiger partial charge in [-0.15, -0.1) is 0 Å². The largest absolute Gasteiger partial charge is 0.489 e. The minimum Gasteiger partial charge on any atom is -0.489 e. The number of carbonyl (C=O) groups excluding carboxylic acids is 2. The molecule has 0 amide bonds. The summed E-state index contributed by atoms with van der Waals surface area (Å²) in [7, 11) is 0. The molecule has 0 unspecified atom stereocenters. The number of hydrogen-bond acceptors (Lipinski definition) is 5. The molecule has 0 heterocycles. The summed E-state index contributed by atoms with van der Waals surface area (Å²) in [6.07, 6.45) is 0. The lowest BCUT2D eigenvalue weighted by atomic mass is 10.1. The maximum absolute atomic E-state index is 12.6. The highest BCUT2D eigenvalue weighted by atomic mass is 127. The smallest absolute Gasteiger partial charge is 0.338 e. The molecule has 0 spiro atoms. The molecular weight excluding hydrogens is 575 g/mol. The Morgan fingerprint density at radius 2 is 1.65 bits per heavy atom. The average molecular weight is 595 g/mol. The quantitative estimate of drug-likeness (QED) is 0.171. The number of benzene rings is 3. The van der Waals surface area contributed by atoms with E-state index in [0.29, 0.717) is 35.8 Å². The molecule has 0 N–H and O–H groups in total. The van der Waals surface area contributed by atoms with Crippen molar-refractivity contribution in [2.75, 3.05) is 13.2 Å². The highest BCUT2D eigenvalue weighted by molar-refractivity contribution is 14.1. The van der Waals surface area contributed by atoms with E-state index < -0.39 is 5.97 Å². The van der Waals surface area contributed by atoms with Crippen molar-refractivity contribution in [1.29, 1.82) is 0 Å². The Morgan fingerprint density at radius 1 is 0.935 bits per heavy atom. The molecule has 0 radical (unpaired) electrons. The fourth-order valence-electron chi connectivity index (χ4n) is 2.75. The first-order valence-corrected chi connectivity index (χ1v) is 11.4. The van der Waals surface area contributed by atoms with E-state index >= 15 is 0 Å². The third-order valence-corrected chi connectivity index (χ3v) is 5.60. The molecule has 0 aromatic heterocycles. The standard InChI is InChI=1S/C24H20BrIO5/c1-2-29-23-20(26)12-18(13-22(23)30-14-16-6-4-3-5-7-16)24(28)31-15-21(27)17-8-10-19(25)11-9-17/h3-13H,2,14-15H2,1H3. The monoisotopic (exact) mass is 594 g/mol. The molecule has 31 heavy (non-hydrogen) atoms. The molecule has 0 saturated carbocycles. The molecule has 0 atom stereocenters. The lowest BCUT2D eigenvalue weighted by molar-refractivity contribution is 0.0474. The van der Waals surface area contributed by atoms with Crippen LogP contribution in [-0.2, 0) is 11.3 Å². The van der Waals surface area contributed by atoms with Crippen LogP contribution in [0, 0.1) is 3.57 Å². The van der Waals surface area contributed by atoms with Crippen molar-refractivity contribution in [3.05, 3.63) is 91.5 Å². The number of rotatable bonds is 9. The molecule has 0 fully saturated rings. The molecule has 5 nitrogen and oxygen atoms in total. The summed E-state index contributed by atoms with van der Waals surface area (Å²) in [5.41, 5.74) is 1.76. The second-order valence-electron chi connectivity index (χ2n) is 6.50. The van der Waals surface area contributed by atoms with Crippen molar-refractivity contribution in [2.45, 2.75) is 13.5 Å². The zero-order valence-corrected chi connectivity index (χ0v) is 20.5. The minimum atomic E-state index is -0.601. The van der Waals surface area contributed by atoms with Crippen LogP contribution in [0.4, 0.5) is 0 Å². The zero-order valence-electron chi connectivity index (χ0n) is 16.8. The van der Waals surface area contributed by atoms with Crippen LogP contribution >= 0.6 is 38.5 Å². The van der Waals surface area contributed by atoms with Gasteiger partial charge in [0.25, 0.3) is 0 Å². The first-order chi connectivity index (χ1) is 15.0. The van der Waals surface area contributed by atoms with E-state index in [1.54, 1.807) is 36.4 Å². The van der Waals surface area contributed by atoms with Crippen LogP contribution in [0.15, 0.2) is 71.2 Å². The fourth-order valence-corrected chi connectivity index (χ4v) is 3.77. The van der Waals surface area contributed by atoms with Crippen LogP contribution in [0.5, 0.6) is 11.5 Å². The van der Waals surface area contributed by atoms with E-state index in [0.717, 1.165) is 13.6 Å². The van der Waals surface area contributed by atoms with Crippen molar-refractivity contribution >= 4 is 50.3 Å². The molecule has 160 valence electrons. The summed E-state index contributed by atoms with van der Waals surface area (Å²) in [5.74, 6) is 0.142. The molecule has 3 aromatic rings. The van der Waals surface area contributed by atoms with Crippen LogP contribution < -0.4 is 9.47 Å². The molecule has 0 aliphatic rings. The lowest BCUT2D eigenvalue weighted by Gasteiger charge is -2.15. The van der Waals surface area contributed by atoms with Crippen molar-refractivity contribution in [2.24, 2.45) is 0 Å². The van der Waals surface area contributed by atoms with Gasteiger partial charge in [0.2, 0.25) is 0 Å². The second-order valence-corrected chi connectivity index (χ2v) is 8.58. The third kappa shape index (κ3) is 6.54. The van der Waals surface area contributed by atoms with Gasteiger partial charge in [-0.1, -0.05) is 58.4 Å². The minimum absolute atomic E-state index is 0.276. The molecule has 3 aromatic carbocycles. The Morgan fingerprint density at radius 3 is 2.32 bits per heavy atom. The number of ether oxygens (including phenoxy) is 3. The molecule has 0 saturated heterocycles. The van der Waals surface area contributed by atoms with Gasteiger partial charge in [0.05, 0.1) is 15.7 Å². The van der Waals surface area contributed by atoms with Gasteiger partial charge in [0, 0.05) is 10.0 Å². The van der Waals surface area contributed by atoms with Gasteiger partial charge in [0.15, 0.2) is 23.9 Å². The maximum Gasteiger partial charge on any atom is 0.338 e. The van der Waals surface area contributed by atoms with Gasteiger partial charge in [-0.25, -0.2) is 4.79 Å². The van der Waals surface area contributed by atoms with Crippen molar-refractivity contribution in [1.82, 2.24) is 0 Å². The van der Waals surface area contributed by atoms with Gasteiger partial charge in [-0.05, 0) is 59.3 Å². The van der Waals surface area contributed by atoms with Crippen LogP contribution in [0.2, 0.25) is 0 Å². The normalized spacial score (nSPS) is 10.4. The van der Waals surface area contributed by atoms with E-state index in [2.05, 4.69) is 38.5 Å². The lowest BCUT2D eigenvalue weighted by Crippen LogP contribution is -2.15. The molecule has 3 rings (SSSR count). The predicted octanol–water partition coefficient (Wildman–Crippen LogP) is 6.07. The zero-order chi connectivity index (χ0) is 22.2. The van der Waals surface area contributed by atoms with Crippen molar-refractivity contribution in [3.63, 3.8) is 0 Å². The summed E-state index contributed by atoms with van der Waals surface area (Å²) < 4.78 is 18.5. The first-order valence-electron chi connectivity index (χ1n) is 9.57. The van der Waals surface area contributed by atoms with Gasteiger partial charge in [-0.2, -0.15) is 0 Å². The molecule has 0 aliphatic carbocycles. The van der Waals surface area contributed by atoms with Gasteiger partial charge in [0.1, 0.15) is 6.61 Å². The SMILES string of the molecule is CCOc1c(I)cc(C(=O)OCC(=O)c2ccc(Br)cc2)cc1OCc1ccccc1. The predicted molar refractivity (Wildman–Crippen MR) is 130 cm³/mol.